The number of benzene rings is 1. The molecule has 0 atom stereocenters. The molecule has 0 spiro atoms. The molecular weight excluding hydrogens is 284 g/mol. The Morgan fingerprint density at radius 2 is 2.10 bits per heavy atom. The van der Waals surface area contributed by atoms with Crippen LogP contribution in [-0.2, 0) is 5.75 Å². The van der Waals surface area contributed by atoms with Crippen molar-refractivity contribution in [1.82, 2.24) is 15.1 Å². The lowest BCUT2D eigenvalue weighted by molar-refractivity contribution is 0.391. The van der Waals surface area contributed by atoms with Crippen molar-refractivity contribution in [2.75, 3.05) is 5.73 Å². The minimum absolute atomic E-state index is 0.510. The lowest BCUT2D eigenvalue weighted by Gasteiger charge is -2.05. The number of nitrogen functional groups attached to an aromatic ring is 1. The minimum atomic E-state index is 0.510. The normalized spacial score (nSPS) is 10.7. The van der Waals surface area contributed by atoms with Gasteiger partial charge in [0.2, 0.25) is 11.7 Å². The highest BCUT2D eigenvalue weighted by atomic mass is 32.2. The monoisotopic (exact) mass is 298 g/mol. The van der Waals surface area contributed by atoms with Gasteiger partial charge in [-0.3, -0.25) is 4.98 Å². The van der Waals surface area contributed by atoms with Crippen LogP contribution in [0.1, 0.15) is 11.5 Å². The predicted octanol–water partition coefficient (Wildman–Crippen LogP) is 3.31. The molecule has 3 aromatic rings. The zero-order valence-electron chi connectivity index (χ0n) is 11.5. The van der Waals surface area contributed by atoms with Crippen LogP contribution in [0.2, 0.25) is 0 Å². The molecule has 0 radical (unpaired) electrons. The molecule has 0 unspecified atom stereocenters. The topological polar surface area (TPSA) is 77.8 Å². The average Bonchev–Trinajstić information content (AvgIpc) is 2.99. The third-order valence-corrected chi connectivity index (χ3v) is 4.18. The van der Waals surface area contributed by atoms with Crippen molar-refractivity contribution in [2.45, 2.75) is 17.6 Å². The van der Waals surface area contributed by atoms with Crippen molar-refractivity contribution >= 4 is 17.4 Å². The molecule has 0 saturated heterocycles. The highest BCUT2D eigenvalue weighted by Crippen LogP contribution is 2.28. The van der Waals surface area contributed by atoms with E-state index in [0.29, 0.717) is 23.2 Å². The zero-order chi connectivity index (χ0) is 14.7. The van der Waals surface area contributed by atoms with E-state index < -0.39 is 0 Å². The van der Waals surface area contributed by atoms with Gasteiger partial charge in [0.25, 0.3) is 0 Å². The zero-order valence-corrected chi connectivity index (χ0v) is 12.3. The van der Waals surface area contributed by atoms with Crippen LogP contribution in [-0.4, -0.2) is 15.1 Å². The molecule has 0 saturated carbocycles. The first kappa shape index (κ1) is 13.6. The average molecular weight is 298 g/mol. The van der Waals surface area contributed by atoms with Crippen LogP contribution >= 0.6 is 11.8 Å². The largest absolute Gasteiger partial charge is 0.398 e. The summed E-state index contributed by atoms with van der Waals surface area (Å²) >= 11 is 1.63. The van der Waals surface area contributed by atoms with Crippen LogP contribution in [0.3, 0.4) is 0 Å². The number of nitrogens with two attached hydrogens (primary N) is 1. The standard InChI is InChI=1S/C15H14N4OS/c1-10-11(16)5-4-7-13(10)21-9-14-18-15(19-20-14)12-6-2-3-8-17-12/h2-8H,9,16H2,1H3. The van der Waals surface area contributed by atoms with Crippen LogP contribution in [0.15, 0.2) is 52.0 Å². The van der Waals surface area contributed by atoms with E-state index in [-0.39, 0.29) is 0 Å². The molecule has 0 aliphatic carbocycles. The highest BCUT2D eigenvalue weighted by molar-refractivity contribution is 7.98. The van der Waals surface area contributed by atoms with Crippen LogP contribution in [0.25, 0.3) is 11.5 Å². The number of rotatable bonds is 4. The van der Waals surface area contributed by atoms with Crippen molar-refractivity contribution in [3.63, 3.8) is 0 Å². The first-order valence-electron chi connectivity index (χ1n) is 6.46. The minimum Gasteiger partial charge on any atom is -0.398 e. The SMILES string of the molecule is Cc1c(N)cccc1SCc1nc(-c2ccccn2)no1. The van der Waals surface area contributed by atoms with E-state index in [9.17, 15) is 0 Å². The molecule has 2 heterocycles. The van der Waals surface area contributed by atoms with Gasteiger partial charge in [-0.1, -0.05) is 17.3 Å². The van der Waals surface area contributed by atoms with Crippen molar-refractivity contribution in [3.8, 4) is 11.5 Å². The summed E-state index contributed by atoms with van der Waals surface area (Å²) in [6, 6.07) is 11.5. The Morgan fingerprint density at radius 3 is 2.90 bits per heavy atom. The number of aromatic nitrogens is 3. The maximum absolute atomic E-state index is 5.90. The van der Waals surface area contributed by atoms with Gasteiger partial charge in [-0.2, -0.15) is 4.98 Å². The van der Waals surface area contributed by atoms with Crippen LogP contribution in [0.4, 0.5) is 5.69 Å². The molecular formula is C15H14N4OS. The van der Waals surface area contributed by atoms with Crippen molar-refractivity contribution in [3.05, 3.63) is 54.0 Å². The van der Waals surface area contributed by atoms with E-state index in [4.69, 9.17) is 10.3 Å². The molecule has 0 amide bonds. The van der Waals surface area contributed by atoms with Gasteiger partial charge < -0.3 is 10.3 Å². The van der Waals surface area contributed by atoms with Gasteiger partial charge in [0.15, 0.2) is 0 Å². The molecule has 2 N–H and O–H groups in total. The van der Waals surface area contributed by atoms with E-state index in [2.05, 4.69) is 15.1 Å². The lowest BCUT2D eigenvalue weighted by Crippen LogP contribution is -1.91. The molecule has 0 bridgehead atoms. The number of pyridine rings is 1. The molecule has 0 aliphatic rings. The first-order chi connectivity index (χ1) is 10.2. The Labute approximate surface area is 126 Å². The number of thioether (sulfide) groups is 1. The molecule has 0 fully saturated rings. The van der Waals surface area contributed by atoms with E-state index in [1.165, 1.54) is 0 Å². The number of hydrogen-bond donors (Lipinski definition) is 1. The second-order valence-electron chi connectivity index (χ2n) is 4.49. The summed E-state index contributed by atoms with van der Waals surface area (Å²) < 4.78 is 5.26. The third kappa shape index (κ3) is 3.05. The van der Waals surface area contributed by atoms with Gasteiger partial charge in [-0.25, -0.2) is 0 Å². The summed E-state index contributed by atoms with van der Waals surface area (Å²) in [5, 5.41) is 3.95. The maximum atomic E-state index is 5.90. The Morgan fingerprint density at radius 1 is 1.19 bits per heavy atom. The van der Waals surface area contributed by atoms with E-state index in [1.54, 1.807) is 18.0 Å². The van der Waals surface area contributed by atoms with Gasteiger partial charge in [0.05, 0.1) is 5.75 Å². The molecule has 6 heteroatoms. The Bertz CT molecular complexity index is 742. The predicted molar refractivity (Wildman–Crippen MR) is 82.7 cm³/mol. The van der Waals surface area contributed by atoms with E-state index in [0.717, 1.165) is 16.1 Å². The summed E-state index contributed by atoms with van der Waals surface area (Å²) in [6.45, 7) is 2.00. The molecule has 106 valence electrons. The second kappa shape index (κ2) is 5.97. The lowest BCUT2D eigenvalue weighted by atomic mass is 10.2. The molecule has 5 nitrogen and oxygen atoms in total. The summed E-state index contributed by atoms with van der Waals surface area (Å²) in [5.41, 5.74) is 8.47. The fraction of sp³-hybridized carbons (Fsp3) is 0.133. The Kier molecular flexibility index (Phi) is 3.87. The fourth-order valence-electron chi connectivity index (χ4n) is 1.84. The van der Waals surface area contributed by atoms with Gasteiger partial charge in [-0.15, -0.1) is 11.8 Å². The second-order valence-corrected chi connectivity index (χ2v) is 5.50. The molecule has 21 heavy (non-hydrogen) atoms. The fourth-order valence-corrected chi connectivity index (χ4v) is 2.75. The maximum Gasteiger partial charge on any atom is 0.237 e. The quantitative estimate of drug-likeness (QED) is 0.588. The number of anilines is 1. The van der Waals surface area contributed by atoms with E-state index >= 15 is 0 Å². The number of nitrogens with zero attached hydrogens (tertiary/aromatic N) is 3. The van der Waals surface area contributed by atoms with Crippen LogP contribution in [0, 0.1) is 6.92 Å². The third-order valence-electron chi connectivity index (χ3n) is 3.04. The van der Waals surface area contributed by atoms with Crippen molar-refractivity contribution in [2.24, 2.45) is 0 Å². The van der Waals surface area contributed by atoms with Gasteiger partial charge in [0.1, 0.15) is 5.69 Å². The molecule has 2 aromatic heterocycles. The van der Waals surface area contributed by atoms with Crippen molar-refractivity contribution < 1.29 is 4.52 Å². The Hall–Kier alpha value is -2.34. The summed E-state index contributed by atoms with van der Waals surface area (Å²) in [6.07, 6.45) is 1.70. The number of hydrogen-bond acceptors (Lipinski definition) is 6. The van der Waals surface area contributed by atoms with E-state index in [1.807, 2.05) is 43.3 Å². The van der Waals surface area contributed by atoms with Gasteiger partial charge in [-0.05, 0) is 36.8 Å². The first-order valence-corrected chi connectivity index (χ1v) is 7.44. The molecule has 0 aliphatic heterocycles. The summed E-state index contributed by atoms with van der Waals surface area (Å²) in [4.78, 5) is 9.67. The molecule has 3 rings (SSSR count). The summed E-state index contributed by atoms with van der Waals surface area (Å²) in [5.74, 6) is 1.68. The highest BCUT2D eigenvalue weighted by Gasteiger charge is 2.10. The smallest absolute Gasteiger partial charge is 0.237 e. The van der Waals surface area contributed by atoms with Crippen LogP contribution in [0.5, 0.6) is 0 Å². The summed E-state index contributed by atoms with van der Waals surface area (Å²) in [7, 11) is 0. The Balaban J connectivity index is 1.72. The van der Waals surface area contributed by atoms with Crippen molar-refractivity contribution in [1.29, 1.82) is 0 Å². The van der Waals surface area contributed by atoms with Gasteiger partial charge >= 0.3 is 0 Å². The molecule has 1 aromatic carbocycles. The van der Waals surface area contributed by atoms with Crippen LogP contribution < -0.4 is 5.73 Å². The van der Waals surface area contributed by atoms with Gasteiger partial charge in [0, 0.05) is 16.8 Å².